The van der Waals surface area contributed by atoms with Gasteiger partial charge in [-0.2, -0.15) is 5.10 Å². The van der Waals surface area contributed by atoms with Gasteiger partial charge in [0.2, 0.25) is 0 Å². The maximum Gasteiger partial charge on any atom is 0.573 e. The molecule has 2 amide bonds. The molecule has 0 saturated carbocycles. The van der Waals surface area contributed by atoms with E-state index in [1.807, 2.05) is 0 Å². The molecule has 3 heterocycles. The standard InChI is InChI=1S/C22H18F3N7O3/c23-22(24,25)35-14-4-1-12(2-5-14)10-26-20(33)19-15-7-8-32(11-18(15)27-30-19)21(34)13-3-6-16-17(9-13)29-31-28-16/h1-6,9H,7-8,10-11H2,(H,26,33)(H,27,30)(H,28,29,31). The molecule has 5 rings (SSSR count). The molecule has 2 aromatic carbocycles. The van der Waals surface area contributed by atoms with Crippen molar-refractivity contribution in [2.75, 3.05) is 6.54 Å². The lowest BCUT2D eigenvalue weighted by molar-refractivity contribution is -0.274. The fourth-order valence-electron chi connectivity index (χ4n) is 3.91. The van der Waals surface area contributed by atoms with Gasteiger partial charge in [0.25, 0.3) is 11.8 Å². The van der Waals surface area contributed by atoms with Crippen LogP contribution in [0.3, 0.4) is 0 Å². The van der Waals surface area contributed by atoms with Crippen LogP contribution in [-0.4, -0.2) is 55.2 Å². The van der Waals surface area contributed by atoms with Crippen molar-refractivity contribution >= 4 is 22.8 Å². The van der Waals surface area contributed by atoms with E-state index in [-0.39, 0.29) is 24.7 Å². The van der Waals surface area contributed by atoms with Crippen LogP contribution in [0.2, 0.25) is 0 Å². The Balaban J connectivity index is 1.21. The van der Waals surface area contributed by atoms with Crippen LogP contribution < -0.4 is 10.1 Å². The number of H-pyrrole nitrogens is 2. The third-order valence-electron chi connectivity index (χ3n) is 5.62. The lowest BCUT2D eigenvalue weighted by atomic mass is 10.0. The number of ether oxygens (including phenoxy) is 1. The van der Waals surface area contributed by atoms with E-state index in [2.05, 4.69) is 35.7 Å². The molecule has 0 aliphatic carbocycles. The van der Waals surface area contributed by atoms with Crippen molar-refractivity contribution in [3.8, 4) is 5.75 Å². The van der Waals surface area contributed by atoms with Gasteiger partial charge in [-0.05, 0) is 42.3 Å². The average molecular weight is 485 g/mol. The van der Waals surface area contributed by atoms with Gasteiger partial charge in [0.15, 0.2) is 0 Å². The summed E-state index contributed by atoms with van der Waals surface area (Å²) in [4.78, 5) is 27.3. The number of aromatic amines is 2. The fraction of sp³-hybridized carbons (Fsp3) is 0.227. The first kappa shape index (κ1) is 22.4. The molecule has 3 N–H and O–H groups in total. The summed E-state index contributed by atoms with van der Waals surface area (Å²) in [6, 6.07) is 10.3. The predicted octanol–water partition coefficient (Wildman–Crippen LogP) is 2.71. The number of nitrogens with zero attached hydrogens (tertiary/aromatic N) is 4. The first-order valence-corrected chi connectivity index (χ1v) is 10.6. The second-order valence-electron chi connectivity index (χ2n) is 7.92. The number of alkyl halides is 3. The Morgan fingerprint density at radius 3 is 2.69 bits per heavy atom. The normalized spacial score (nSPS) is 13.5. The second kappa shape index (κ2) is 8.74. The molecular weight excluding hydrogens is 467 g/mol. The monoisotopic (exact) mass is 485 g/mol. The summed E-state index contributed by atoms with van der Waals surface area (Å²) in [7, 11) is 0. The molecule has 4 aromatic rings. The van der Waals surface area contributed by atoms with E-state index in [9.17, 15) is 22.8 Å². The minimum Gasteiger partial charge on any atom is -0.406 e. The third-order valence-corrected chi connectivity index (χ3v) is 5.62. The maximum absolute atomic E-state index is 13.0. The number of rotatable bonds is 5. The van der Waals surface area contributed by atoms with E-state index in [1.165, 1.54) is 24.3 Å². The summed E-state index contributed by atoms with van der Waals surface area (Å²) >= 11 is 0. The molecule has 0 unspecified atom stereocenters. The van der Waals surface area contributed by atoms with Crippen molar-refractivity contribution in [1.29, 1.82) is 0 Å². The number of aromatic nitrogens is 5. The lowest BCUT2D eigenvalue weighted by Gasteiger charge is -2.26. The maximum atomic E-state index is 13.0. The molecule has 2 aromatic heterocycles. The summed E-state index contributed by atoms with van der Waals surface area (Å²) in [5.74, 6) is -0.909. The third kappa shape index (κ3) is 4.78. The molecule has 13 heteroatoms. The van der Waals surface area contributed by atoms with Crippen LogP contribution in [0.25, 0.3) is 11.0 Å². The van der Waals surface area contributed by atoms with Gasteiger partial charge in [0.1, 0.15) is 17.0 Å². The number of halogens is 3. The van der Waals surface area contributed by atoms with Crippen LogP contribution in [0.5, 0.6) is 5.75 Å². The van der Waals surface area contributed by atoms with Crippen LogP contribution >= 0.6 is 0 Å². The van der Waals surface area contributed by atoms with Gasteiger partial charge < -0.3 is 15.0 Å². The molecule has 0 saturated heterocycles. The molecule has 180 valence electrons. The SMILES string of the molecule is O=C(NCc1ccc(OC(F)(F)F)cc1)c1[nH]nc2c1CCN(C(=O)c1ccc3[nH]nnc3c1)C2. The van der Waals surface area contributed by atoms with Gasteiger partial charge in [0.05, 0.1) is 17.8 Å². The number of benzene rings is 2. The zero-order valence-corrected chi connectivity index (χ0v) is 18.0. The first-order chi connectivity index (χ1) is 16.8. The van der Waals surface area contributed by atoms with Crippen molar-refractivity contribution < 1.29 is 27.5 Å². The van der Waals surface area contributed by atoms with E-state index in [4.69, 9.17) is 0 Å². The summed E-state index contributed by atoms with van der Waals surface area (Å²) in [5.41, 5.74) is 4.04. The number of nitrogens with one attached hydrogen (secondary N) is 3. The zero-order valence-electron chi connectivity index (χ0n) is 18.0. The first-order valence-electron chi connectivity index (χ1n) is 10.6. The Hall–Kier alpha value is -4.42. The summed E-state index contributed by atoms with van der Waals surface area (Å²) in [6.45, 7) is 0.757. The molecule has 0 spiro atoms. The van der Waals surface area contributed by atoms with Crippen molar-refractivity contribution in [3.63, 3.8) is 0 Å². The molecule has 0 bridgehead atoms. The number of fused-ring (bicyclic) bond motifs is 2. The van der Waals surface area contributed by atoms with Crippen molar-refractivity contribution in [3.05, 3.63) is 70.5 Å². The highest BCUT2D eigenvalue weighted by molar-refractivity contribution is 5.98. The van der Waals surface area contributed by atoms with Crippen molar-refractivity contribution in [1.82, 2.24) is 35.8 Å². The van der Waals surface area contributed by atoms with Crippen LogP contribution in [0.4, 0.5) is 13.2 Å². The van der Waals surface area contributed by atoms with E-state index >= 15 is 0 Å². The Morgan fingerprint density at radius 1 is 1.11 bits per heavy atom. The highest BCUT2D eigenvalue weighted by Crippen LogP contribution is 2.24. The number of hydrogen-bond donors (Lipinski definition) is 3. The summed E-state index contributed by atoms with van der Waals surface area (Å²) in [5, 5.41) is 20.1. The van der Waals surface area contributed by atoms with Crippen LogP contribution in [0.15, 0.2) is 42.5 Å². The summed E-state index contributed by atoms with van der Waals surface area (Å²) < 4.78 is 40.7. The Bertz CT molecular complexity index is 1400. The minimum absolute atomic E-state index is 0.105. The van der Waals surface area contributed by atoms with E-state index in [0.717, 1.165) is 11.1 Å². The van der Waals surface area contributed by atoms with E-state index in [0.29, 0.717) is 41.0 Å². The van der Waals surface area contributed by atoms with Crippen molar-refractivity contribution in [2.24, 2.45) is 0 Å². The highest BCUT2D eigenvalue weighted by Gasteiger charge is 2.31. The fourth-order valence-corrected chi connectivity index (χ4v) is 3.91. The van der Waals surface area contributed by atoms with Gasteiger partial charge in [-0.1, -0.05) is 17.3 Å². The second-order valence-corrected chi connectivity index (χ2v) is 7.92. The predicted molar refractivity (Wildman–Crippen MR) is 115 cm³/mol. The van der Waals surface area contributed by atoms with E-state index < -0.39 is 12.3 Å². The molecule has 0 atom stereocenters. The molecule has 1 aliphatic heterocycles. The van der Waals surface area contributed by atoms with Crippen molar-refractivity contribution in [2.45, 2.75) is 25.9 Å². The Morgan fingerprint density at radius 2 is 1.91 bits per heavy atom. The zero-order chi connectivity index (χ0) is 24.6. The van der Waals surface area contributed by atoms with Gasteiger partial charge in [-0.25, -0.2) is 0 Å². The topological polar surface area (TPSA) is 129 Å². The number of hydrogen-bond acceptors (Lipinski definition) is 6. The minimum atomic E-state index is -4.76. The molecular formula is C22H18F3N7O3. The van der Waals surface area contributed by atoms with E-state index in [1.54, 1.807) is 23.1 Å². The van der Waals surface area contributed by atoms with Crippen LogP contribution in [0.1, 0.15) is 37.7 Å². The number of carbonyl (C=O) groups is 2. The molecule has 10 nitrogen and oxygen atoms in total. The molecule has 0 fully saturated rings. The van der Waals surface area contributed by atoms with Gasteiger partial charge in [0, 0.05) is 24.2 Å². The average Bonchev–Trinajstić information content (AvgIpc) is 3.48. The van der Waals surface area contributed by atoms with Gasteiger partial charge >= 0.3 is 6.36 Å². The quantitative estimate of drug-likeness (QED) is 0.399. The number of carbonyl (C=O) groups excluding carboxylic acids is 2. The Labute approximate surface area is 195 Å². The molecule has 1 aliphatic rings. The molecule has 0 radical (unpaired) electrons. The molecule has 35 heavy (non-hydrogen) atoms. The van der Waals surface area contributed by atoms with Crippen LogP contribution in [-0.2, 0) is 19.5 Å². The Kier molecular flexibility index (Phi) is 5.59. The summed E-state index contributed by atoms with van der Waals surface area (Å²) in [6.07, 6.45) is -4.32. The van der Waals surface area contributed by atoms with Gasteiger partial charge in [-0.15, -0.1) is 18.3 Å². The van der Waals surface area contributed by atoms with Crippen LogP contribution in [0, 0.1) is 0 Å². The smallest absolute Gasteiger partial charge is 0.406 e. The van der Waals surface area contributed by atoms with Gasteiger partial charge in [-0.3, -0.25) is 19.8 Å². The highest BCUT2D eigenvalue weighted by atomic mass is 19.4. The largest absolute Gasteiger partial charge is 0.573 e. The number of amides is 2. The lowest BCUT2D eigenvalue weighted by Crippen LogP contribution is -2.36.